The maximum Gasteiger partial charge on any atom is 0.225 e. The van der Waals surface area contributed by atoms with Crippen molar-refractivity contribution in [2.45, 2.75) is 91.2 Å². The summed E-state index contributed by atoms with van der Waals surface area (Å²) in [6.45, 7) is 21.3. The summed E-state index contributed by atoms with van der Waals surface area (Å²) >= 11 is 31.0. The van der Waals surface area contributed by atoms with Gasteiger partial charge in [-0.1, -0.05) is 94.1 Å². The van der Waals surface area contributed by atoms with Crippen molar-refractivity contribution in [3.8, 4) is 0 Å². The molecule has 0 aliphatic carbocycles. The molecule has 0 atom stereocenters. The van der Waals surface area contributed by atoms with Gasteiger partial charge >= 0.3 is 0 Å². The molecule has 4 rings (SSSR count). The minimum atomic E-state index is 0.0281. The lowest BCUT2D eigenvalue weighted by atomic mass is 10.5. The number of allylic oxidation sites excluding steroid dienone is 5. The number of hydrogen-bond donors (Lipinski definition) is 0. The highest BCUT2D eigenvalue weighted by molar-refractivity contribution is 8.35. The number of thiocarbonyl (C=S) groups is 2. The Morgan fingerprint density at radius 3 is 1.84 bits per heavy atom. The van der Waals surface area contributed by atoms with Crippen LogP contribution in [-0.4, -0.2) is 21.0 Å². The van der Waals surface area contributed by atoms with Crippen LogP contribution in [0.15, 0.2) is 71.9 Å². The molecule has 4 heterocycles. The fourth-order valence-electron chi connectivity index (χ4n) is 3.39. The van der Waals surface area contributed by atoms with E-state index in [-0.39, 0.29) is 12.2 Å². The highest BCUT2D eigenvalue weighted by Crippen LogP contribution is 2.62. The number of rotatable bonds is 9. The third-order valence-corrected chi connectivity index (χ3v) is 21.0. The Morgan fingerprint density at radius 1 is 0.711 bits per heavy atom. The van der Waals surface area contributed by atoms with Crippen LogP contribution in [0.3, 0.4) is 0 Å². The van der Waals surface area contributed by atoms with Crippen molar-refractivity contribution in [3.05, 3.63) is 66.9 Å². The first-order valence-corrected chi connectivity index (χ1v) is 23.7. The molecule has 2 nitrogen and oxygen atoms in total. The van der Waals surface area contributed by atoms with E-state index in [1.54, 1.807) is 46.6 Å². The summed E-state index contributed by atoms with van der Waals surface area (Å²) in [5.74, 6) is 0. The summed E-state index contributed by atoms with van der Waals surface area (Å²) in [5.41, 5.74) is 0. The molecule has 0 N–H and O–H groups in total. The van der Waals surface area contributed by atoms with Crippen molar-refractivity contribution in [1.29, 1.82) is 0 Å². The zero-order valence-corrected chi connectivity index (χ0v) is 37.0. The number of thioether (sulfide) groups is 10. The lowest BCUT2D eigenvalue weighted by Gasteiger charge is -2.15. The Labute approximate surface area is 326 Å². The summed E-state index contributed by atoms with van der Waals surface area (Å²) < 4.78 is 18.2. The minimum Gasteiger partial charge on any atom is -0.476 e. The van der Waals surface area contributed by atoms with Crippen LogP contribution in [0.5, 0.6) is 0 Å². The van der Waals surface area contributed by atoms with Gasteiger partial charge in [-0.05, 0) is 142 Å². The van der Waals surface area contributed by atoms with Gasteiger partial charge in [0.2, 0.25) is 8.77 Å². The van der Waals surface area contributed by atoms with Gasteiger partial charge in [-0.3, -0.25) is 0 Å². The molecular formula is C30H34O2S13. The van der Waals surface area contributed by atoms with Gasteiger partial charge in [0.15, 0.2) is 0 Å². The maximum absolute atomic E-state index is 5.97. The van der Waals surface area contributed by atoms with Gasteiger partial charge in [0, 0.05) is 34.8 Å². The van der Waals surface area contributed by atoms with Gasteiger partial charge in [-0.15, -0.1) is 11.3 Å². The first-order valence-electron chi connectivity index (χ1n) is 13.7. The summed E-state index contributed by atoms with van der Waals surface area (Å²) in [4.78, 5) is 12.8. The molecule has 45 heavy (non-hydrogen) atoms. The molecule has 0 bridgehead atoms. The van der Waals surface area contributed by atoms with E-state index >= 15 is 0 Å². The van der Waals surface area contributed by atoms with Gasteiger partial charge in [0.25, 0.3) is 0 Å². The second-order valence-electron chi connectivity index (χ2n) is 10.1. The third kappa shape index (κ3) is 11.2. The van der Waals surface area contributed by atoms with Crippen LogP contribution in [0.4, 0.5) is 0 Å². The van der Waals surface area contributed by atoms with Crippen LogP contribution in [0.2, 0.25) is 0 Å². The molecule has 0 saturated carbocycles. The second-order valence-corrected chi connectivity index (χ2v) is 24.5. The molecule has 244 valence electrons. The van der Waals surface area contributed by atoms with E-state index in [1.165, 1.54) is 56.2 Å². The third-order valence-electron chi connectivity index (χ3n) is 5.70. The molecular weight excluding hydrogens is 809 g/mol. The Kier molecular flexibility index (Phi) is 15.7. The number of thiophene rings is 1. The van der Waals surface area contributed by atoms with Gasteiger partial charge in [-0.2, -0.15) is 0 Å². The monoisotopic (exact) mass is 842 g/mol. The number of hydrogen-bond acceptors (Lipinski definition) is 15. The van der Waals surface area contributed by atoms with Crippen molar-refractivity contribution < 1.29 is 9.47 Å². The quantitative estimate of drug-likeness (QED) is 0.174. The Bertz CT molecular complexity index is 1520. The first-order chi connectivity index (χ1) is 21.2. The lowest BCUT2D eigenvalue weighted by Crippen LogP contribution is -2.06. The van der Waals surface area contributed by atoms with E-state index in [4.69, 9.17) is 33.9 Å². The van der Waals surface area contributed by atoms with Crippen LogP contribution in [0, 0.1) is 6.92 Å². The molecule has 0 aromatic carbocycles. The molecule has 0 fully saturated rings. The molecule has 3 aliphatic heterocycles. The highest BCUT2D eigenvalue weighted by atomic mass is 32.2. The summed E-state index contributed by atoms with van der Waals surface area (Å²) in [6, 6.07) is 0. The normalized spacial score (nSPS) is 17.7. The van der Waals surface area contributed by atoms with E-state index in [0.29, 0.717) is 8.77 Å². The largest absolute Gasteiger partial charge is 0.476 e. The molecule has 0 radical (unpaired) electrons. The van der Waals surface area contributed by atoms with E-state index in [2.05, 4.69) is 52.3 Å². The topological polar surface area (TPSA) is 18.5 Å². The fraction of sp³-hybridized carbons (Fsp3) is 0.400. The summed E-state index contributed by atoms with van der Waals surface area (Å²) in [5, 5.41) is 4.48. The Morgan fingerprint density at radius 2 is 1.24 bits per heavy atom. The predicted molar refractivity (Wildman–Crippen MR) is 231 cm³/mol. The Hall–Kier alpha value is 1.42. The van der Waals surface area contributed by atoms with Crippen molar-refractivity contribution in [2.24, 2.45) is 0 Å². The molecule has 0 saturated heterocycles. The van der Waals surface area contributed by atoms with Gasteiger partial charge in [0.1, 0.15) is 0 Å². The molecule has 3 aliphatic rings. The smallest absolute Gasteiger partial charge is 0.225 e. The molecule has 0 amide bonds. The molecule has 15 heteroatoms. The second kappa shape index (κ2) is 18.1. The van der Waals surface area contributed by atoms with Crippen molar-refractivity contribution >= 4 is 162 Å². The van der Waals surface area contributed by atoms with Crippen molar-refractivity contribution in [1.82, 2.24) is 0 Å². The van der Waals surface area contributed by atoms with Gasteiger partial charge in [-0.25, -0.2) is 0 Å². The maximum atomic E-state index is 5.97. The molecule has 1 aromatic rings. The van der Waals surface area contributed by atoms with Crippen LogP contribution in [0.25, 0.3) is 0 Å². The fourth-order valence-corrected chi connectivity index (χ4v) is 18.1. The van der Waals surface area contributed by atoms with E-state index in [1.807, 2.05) is 110 Å². The van der Waals surface area contributed by atoms with E-state index < -0.39 is 0 Å². The van der Waals surface area contributed by atoms with Crippen molar-refractivity contribution in [3.63, 3.8) is 0 Å². The molecule has 0 spiro atoms. The van der Waals surface area contributed by atoms with Crippen LogP contribution in [-0.2, 0) is 9.47 Å². The average Bonchev–Trinajstić information content (AvgIpc) is 3.68. The molecule has 0 unspecified atom stereocenters. The summed E-state index contributed by atoms with van der Waals surface area (Å²) in [7, 11) is 0. The van der Waals surface area contributed by atoms with Gasteiger partial charge < -0.3 is 9.47 Å². The van der Waals surface area contributed by atoms with Crippen LogP contribution in [0.1, 0.15) is 67.2 Å². The summed E-state index contributed by atoms with van der Waals surface area (Å²) in [6.07, 6.45) is 0.0836. The van der Waals surface area contributed by atoms with Crippen LogP contribution >= 0.6 is 153 Å². The number of ether oxygens (including phenoxy) is 2. The lowest BCUT2D eigenvalue weighted by molar-refractivity contribution is 0.243. The van der Waals surface area contributed by atoms with E-state index in [9.17, 15) is 0 Å². The minimum absolute atomic E-state index is 0.0281. The zero-order chi connectivity index (χ0) is 33.0. The standard InChI is InChI=1S/C30H34O2S13/c1-13(2)31-29(33)42-21-11-35-19(9)23(21)44-25(26-37-15(5)16(6)38-26)36-12-22(43-30(34)32-14(3)4)24-20(10)41-28(45-24)27-39-17(7)18(8)40-27/h11-14H,1-10H3/b22-12+. The van der Waals surface area contributed by atoms with E-state index in [0.717, 1.165) is 9.80 Å². The zero-order valence-electron chi connectivity index (χ0n) is 26.4. The average molecular weight is 843 g/mol. The highest BCUT2D eigenvalue weighted by Gasteiger charge is 2.29. The van der Waals surface area contributed by atoms with Gasteiger partial charge in [0.05, 0.1) is 29.2 Å². The SMILES string of the molecule is CC1=C(C)SC(=C2SC(C)=C(/C(=C\SC(Sc3c(SC(=S)OC(C)C)csc3C)=C3SC(C)=C(C)S3)SC(=S)OC(C)C)S2)S1. The van der Waals surface area contributed by atoms with Crippen molar-refractivity contribution in [2.75, 3.05) is 0 Å². The molecule has 1 aromatic heterocycles. The van der Waals surface area contributed by atoms with Crippen LogP contribution < -0.4 is 0 Å². The Balaban J connectivity index is 1.67. The predicted octanol–water partition coefficient (Wildman–Crippen LogP) is 15.4. The first kappa shape index (κ1) is 39.2. The number of aryl methyl sites for hydroxylation is 1.